The van der Waals surface area contributed by atoms with Crippen LogP contribution in [-0.4, -0.2) is 23.7 Å². The Bertz CT molecular complexity index is 445. The molecule has 1 atom stereocenters. The number of carbonyl (C=O) groups is 1. The fourth-order valence-electron chi connectivity index (χ4n) is 1.60. The van der Waals surface area contributed by atoms with Gasteiger partial charge in [0.15, 0.2) is 0 Å². The number of amides is 1. The molecule has 1 amide bonds. The van der Waals surface area contributed by atoms with Crippen LogP contribution in [0.5, 0.6) is 0 Å². The number of hydrogen-bond acceptors (Lipinski definition) is 5. The standard InChI is InChI=1S/C9H10N4O2/c1-5-7(3-10)9(15-12-5)13-4-6(11)2-8(13)14/h6H,2,4,11H2,1H3. The largest absolute Gasteiger partial charge is 0.336 e. The van der Waals surface area contributed by atoms with Gasteiger partial charge in [0.05, 0.1) is 0 Å². The number of hydrogen-bond donors (Lipinski definition) is 1. The van der Waals surface area contributed by atoms with Crippen LogP contribution in [0.1, 0.15) is 17.7 Å². The van der Waals surface area contributed by atoms with Crippen LogP contribution in [0.25, 0.3) is 0 Å². The minimum absolute atomic E-state index is 0.129. The topological polar surface area (TPSA) is 96.2 Å². The van der Waals surface area contributed by atoms with E-state index in [1.807, 2.05) is 6.07 Å². The second-order valence-electron chi connectivity index (χ2n) is 3.53. The number of carbonyl (C=O) groups excluding carboxylic acids is 1. The molecule has 2 N–H and O–H groups in total. The highest BCUT2D eigenvalue weighted by molar-refractivity contribution is 5.96. The zero-order valence-electron chi connectivity index (χ0n) is 8.23. The first-order chi connectivity index (χ1) is 7.13. The molecule has 0 radical (unpaired) electrons. The summed E-state index contributed by atoms with van der Waals surface area (Å²) in [5, 5.41) is 12.5. The summed E-state index contributed by atoms with van der Waals surface area (Å²) in [6.07, 6.45) is 0.282. The molecule has 0 aliphatic carbocycles. The summed E-state index contributed by atoms with van der Waals surface area (Å²) in [6, 6.07) is 1.77. The summed E-state index contributed by atoms with van der Waals surface area (Å²) in [4.78, 5) is 12.9. The molecule has 78 valence electrons. The maximum atomic E-state index is 11.5. The predicted octanol–water partition coefficient (Wildman–Crippen LogP) is -0.0813. The summed E-state index contributed by atoms with van der Waals surface area (Å²) in [7, 11) is 0. The second-order valence-corrected chi connectivity index (χ2v) is 3.53. The van der Waals surface area contributed by atoms with E-state index in [9.17, 15) is 4.79 Å². The summed E-state index contributed by atoms with van der Waals surface area (Å²) in [6.45, 7) is 2.04. The molecule has 1 saturated heterocycles. The third-order valence-electron chi connectivity index (χ3n) is 2.36. The summed E-state index contributed by atoms with van der Waals surface area (Å²) < 4.78 is 4.97. The van der Waals surface area contributed by atoms with Crippen molar-refractivity contribution in [1.29, 1.82) is 5.26 Å². The van der Waals surface area contributed by atoms with Crippen LogP contribution in [0.2, 0.25) is 0 Å². The van der Waals surface area contributed by atoms with Crippen molar-refractivity contribution in [3.05, 3.63) is 11.3 Å². The number of nitrogens with zero attached hydrogens (tertiary/aromatic N) is 3. The van der Waals surface area contributed by atoms with Gasteiger partial charge in [-0.25, -0.2) is 0 Å². The Balaban J connectivity index is 2.39. The second kappa shape index (κ2) is 3.37. The fourth-order valence-corrected chi connectivity index (χ4v) is 1.60. The SMILES string of the molecule is Cc1noc(N2CC(N)CC2=O)c1C#N. The monoisotopic (exact) mass is 206 g/mol. The van der Waals surface area contributed by atoms with Crippen LogP contribution in [0.15, 0.2) is 4.52 Å². The number of anilines is 1. The predicted molar refractivity (Wildman–Crippen MR) is 50.9 cm³/mol. The van der Waals surface area contributed by atoms with Crippen LogP contribution in [0.3, 0.4) is 0 Å². The van der Waals surface area contributed by atoms with Crippen molar-refractivity contribution in [2.75, 3.05) is 11.4 Å². The van der Waals surface area contributed by atoms with E-state index >= 15 is 0 Å². The smallest absolute Gasteiger partial charge is 0.252 e. The lowest BCUT2D eigenvalue weighted by Gasteiger charge is -2.10. The molecule has 1 aliphatic heterocycles. The van der Waals surface area contributed by atoms with Gasteiger partial charge in [-0.05, 0) is 6.92 Å². The van der Waals surface area contributed by atoms with Gasteiger partial charge in [0.2, 0.25) is 5.91 Å². The first kappa shape index (κ1) is 9.68. The number of aromatic nitrogens is 1. The third-order valence-corrected chi connectivity index (χ3v) is 2.36. The van der Waals surface area contributed by atoms with Crippen molar-refractivity contribution in [3.8, 4) is 6.07 Å². The van der Waals surface area contributed by atoms with Crippen LogP contribution < -0.4 is 10.6 Å². The van der Waals surface area contributed by atoms with Crippen molar-refractivity contribution in [2.24, 2.45) is 5.73 Å². The molecule has 15 heavy (non-hydrogen) atoms. The van der Waals surface area contributed by atoms with Gasteiger partial charge >= 0.3 is 0 Å². The normalized spacial score (nSPS) is 20.7. The van der Waals surface area contributed by atoms with Gasteiger partial charge in [-0.1, -0.05) is 5.16 Å². The average Bonchev–Trinajstić information content (AvgIpc) is 2.69. The van der Waals surface area contributed by atoms with Gasteiger partial charge in [0.25, 0.3) is 5.88 Å². The highest BCUT2D eigenvalue weighted by Crippen LogP contribution is 2.26. The molecule has 2 heterocycles. The van der Waals surface area contributed by atoms with Crippen LogP contribution in [-0.2, 0) is 4.79 Å². The molecular weight excluding hydrogens is 196 g/mol. The molecule has 1 unspecified atom stereocenters. The highest BCUT2D eigenvalue weighted by atomic mass is 16.5. The lowest BCUT2D eigenvalue weighted by atomic mass is 10.2. The molecule has 1 fully saturated rings. The maximum absolute atomic E-state index is 11.5. The summed E-state index contributed by atoms with van der Waals surface area (Å²) in [5.41, 5.74) is 6.43. The van der Waals surface area contributed by atoms with Crippen molar-refractivity contribution >= 4 is 11.8 Å². The Hall–Kier alpha value is -1.87. The van der Waals surface area contributed by atoms with Crippen LogP contribution >= 0.6 is 0 Å². The summed E-state index contributed by atoms with van der Waals surface area (Å²) in [5.74, 6) is 0.0862. The molecule has 1 aromatic rings. The minimum atomic E-state index is -0.200. The van der Waals surface area contributed by atoms with Gasteiger partial charge in [-0.15, -0.1) is 0 Å². The lowest BCUT2D eigenvalue weighted by molar-refractivity contribution is -0.117. The summed E-state index contributed by atoms with van der Waals surface area (Å²) >= 11 is 0. The zero-order chi connectivity index (χ0) is 11.0. The van der Waals surface area contributed by atoms with Crippen LogP contribution in [0, 0.1) is 18.3 Å². The molecule has 0 spiro atoms. The maximum Gasteiger partial charge on any atom is 0.252 e. The minimum Gasteiger partial charge on any atom is -0.336 e. The third kappa shape index (κ3) is 1.47. The first-order valence-electron chi connectivity index (χ1n) is 4.55. The Kier molecular flexibility index (Phi) is 2.17. The Morgan fingerprint density at radius 1 is 1.73 bits per heavy atom. The zero-order valence-corrected chi connectivity index (χ0v) is 8.23. The van der Waals surface area contributed by atoms with Gasteiger partial charge in [-0.3, -0.25) is 9.69 Å². The van der Waals surface area contributed by atoms with Crippen molar-refractivity contribution in [2.45, 2.75) is 19.4 Å². The quantitative estimate of drug-likeness (QED) is 0.693. The molecule has 6 heteroatoms. The molecular formula is C9H10N4O2. The Morgan fingerprint density at radius 3 is 3.00 bits per heavy atom. The van der Waals surface area contributed by atoms with Crippen molar-refractivity contribution in [1.82, 2.24) is 5.16 Å². The van der Waals surface area contributed by atoms with E-state index in [-0.39, 0.29) is 24.3 Å². The number of nitrogens with two attached hydrogens (primary N) is 1. The first-order valence-corrected chi connectivity index (χ1v) is 4.55. The van der Waals surface area contributed by atoms with Gasteiger partial charge in [-0.2, -0.15) is 5.26 Å². The van der Waals surface area contributed by atoms with E-state index in [1.165, 1.54) is 4.90 Å². The molecule has 0 bridgehead atoms. The lowest BCUT2D eigenvalue weighted by Crippen LogP contribution is -2.28. The van der Waals surface area contributed by atoms with E-state index in [2.05, 4.69) is 5.16 Å². The average molecular weight is 206 g/mol. The molecule has 2 rings (SSSR count). The van der Waals surface area contributed by atoms with Gasteiger partial charge in [0, 0.05) is 19.0 Å². The van der Waals surface area contributed by atoms with Crippen molar-refractivity contribution in [3.63, 3.8) is 0 Å². The van der Waals surface area contributed by atoms with Crippen LogP contribution in [0.4, 0.5) is 5.88 Å². The Morgan fingerprint density at radius 2 is 2.47 bits per heavy atom. The number of rotatable bonds is 1. The van der Waals surface area contributed by atoms with Gasteiger partial charge in [0.1, 0.15) is 17.3 Å². The van der Waals surface area contributed by atoms with Crippen molar-refractivity contribution < 1.29 is 9.32 Å². The van der Waals surface area contributed by atoms with Gasteiger partial charge < -0.3 is 10.3 Å². The molecule has 0 aromatic carbocycles. The molecule has 1 aromatic heterocycles. The molecule has 0 saturated carbocycles. The van der Waals surface area contributed by atoms with E-state index in [4.69, 9.17) is 15.5 Å². The fraction of sp³-hybridized carbons (Fsp3) is 0.444. The highest BCUT2D eigenvalue weighted by Gasteiger charge is 2.33. The number of nitriles is 1. The Labute approximate surface area is 86.2 Å². The van der Waals surface area contributed by atoms with E-state index in [1.54, 1.807) is 6.92 Å². The van der Waals surface area contributed by atoms with E-state index in [0.717, 1.165) is 0 Å². The van der Waals surface area contributed by atoms with E-state index < -0.39 is 0 Å². The van der Waals surface area contributed by atoms with E-state index in [0.29, 0.717) is 17.8 Å². The molecule has 1 aliphatic rings. The molecule has 6 nitrogen and oxygen atoms in total. The number of aryl methyl sites for hydroxylation is 1.